The molecule has 2 saturated heterocycles. The minimum absolute atomic E-state index is 0.0805. The van der Waals surface area contributed by atoms with E-state index in [1.165, 1.54) is 12.1 Å². The molecule has 0 radical (unpaired) electrons. The van der Waals surface area contributed by atoms with Crippen LogP contribution in [-0.2, 0) is 9.47 Å². The van der Waals surface area contributed by atoms with Crippen molar-refractivity contribution in [2.75, 3.05) is 59.0 Å². The second-order valence-corrected chi connectivity index (χ2v) is 7.08. The van der Waals surface area contributed by atoms with Crippen LogP contribution >= 0.6 is 0 Å². The standard InChI is InChI=1S/C20H31FN4O2/c1-3-22-20(23-8-9-24-10-12-26-13-11-24)25-14-16(2)27-19(15-25)17-4-6-18(21)7-5-17/h4-7,16,19H,3,8-15H2,1-2H3,(H,22,23). The molecule has 0 bridgehead atoms. The van der Waals surface area contributed by atoms with Crippen LogP contribution in [0.4, 0.5) is 4.39 Å². The topological polar surface area (TPSA) is 49.3 Å². The number of hydrogen-bond donors (Lipinski definition) is 1. The Balaban J connectivity index is 1.63. The van der Waals surface area contributed by atoms with E-state index in [1.54, 1.807) is 12.1 Å². The summed E-state index contributed by atoms with van der Waals surface area (Å²) < 4.78 is 24.7. The van der Waals surface area contributed by atoms with E-state index in [-0.39, 0.29) is 18.0 Å². The molecule has 2 unspecified atom stereocenters. The van der Waals surface area contributed by atoms with Crippen LogP contribution in [0, 0.1) is 5.82 Å². The first-order chi connectivity index (χ1) is 13.2. The molecule has 0 spiro atoms. The minimum Gasteiger partial charge on any atom is -0.379 e. The third-order valence-corrected chi connectivity index (χ3v) is 4.92. The Morgan fingerprint density at radius 2 is 1.96 bits per heavy atom. The van der Waals surface area contributed by atoms with Crippen molar-refractivity contribution >= 4 is 5.96 Å². The van der Waals surface area contributed by atoms with Gasteiger partial charge in [0.2, 0.25) is 0 Å². The number of guanidine groups is 1. The molecule has 2 fully saturated rings. The van der Waals surface area contributed by atoms with Gasteiger partial charge in [-0.05, 0) is 31.5 Å². The van der Waals surface area contributed by atoms with Crippen LogP contribution in [0.25, 0.3) is 0 Å². The second-order valence-electron chi connectivity index (χ2n) is 7.08. The molecular weight excluding hydrogens is 347 g/mol. The van der Waals surface area contributed by atoms with Crippen molar-refractivity contribution in [3.8, 4) is 0 Å². The summed E-state index contributed by atoms with van der Waals surface area (Å²) in [6, 6.07) is 6.59. The van der Waals surface area contributed by atoms with Gasteiger partial charge in [0.15, 0.2) is 5.96 Å². The first kappa shape index (κ1) is 20.0. The van der Waals surface area contributed by atoms with Crippen LogP contribution in [0.15, 0.2) is 29.3 Å². The maximum absolute atomic E-state index is 13.2. The van der Waals surface area contributed by atoms with E-state index in [1.807, 2.05) is 0 Å². The average molecular weight is 378 g/mol. The summed E-state index contributed by atoms with van der Waals surface area (Å²) in [5.74, 6) is 0.700. The molecule has 2 aliphatic rings. The fourth-order valence-electron chi connectivity index (χ4n) is 3.53. The molecule has 0 aliphatic carbocycles. The summed E-state index contributed by atoms with van der Waals surface area (Å²) in [4.78, 5) is 9.49. The summed E-state index contributed by atoms with van der Waals surface area (Å²) >= 11 is 0. The molecule has 27 heavy (non-hydrogen) atoms. The van der Waals surface area contributed by atoms with E-state index in [9.17, 15) is 4.39 Å². The Labute approximate surface area is 161 Å². The summed E-state index contributed by atoms with van der Waals surface area (Å²) in [6.07, 6.45) is -0.00523. The van der Waals surface area contributed by atoms with Gasteiger partial charge in [0.05, 0.1) is 32.4 Å². The van der Waals surface area contributed by atoms with Gasteiger partial charge in [0, 0.05) is 32.7 Å². The quantitative estimate of drug-likeness (QED) is 0.626. The number of nitrogens with one attached hydrogen (secondary N) is 1. The van der Waals surface area contributed by atoms with Crippen LogP contribution in [-0.4, -0.2) is 80.9 Å². The van der Waals surface area contributed by atoms with Crippen LogP contribution in [0.1, 0.15) is 25.5 Å². The largest absolute Gasteiger partial charge is 0.379 e. The van der Waals surface area contributed by atoms with E-state index in [2.05, 4.69) is 29.0 Å². The zero-order chi connectivity index (χ0) is 19.1. The predicted molar refractivity (Wildman–Crippen MR) is 104 cm³/mol. The van der Waals surface area contributed by atoms with Crippen LogP contribution in [0.2, 0.25) is 0 Å². The second kappa shape index (κ2) is 10.0. The normalized spacial score (nSPS) is 24.9. The Hall–Kier alpha value is -1.70. The highest BCUT2D eigenvalue weighted by molar-refractivity contribution is 5.80. The molecule has 7 heteroatoms. The van der Waals surface area contributed by atoms with Gasteiger partial charge in [-0.25, -0.2) is 4.39 Å². The predicted octanol–water partition coefficient (Wildman–Crippen LogP) is 1.89. The summed E-state index contributed by atoms with van der Waals surface area (Å²) in [7, 11) is 0. The number of nitrogens with zero attached hydrogens (tertiary/aromatic N) is 3. The van der Waals surface area contributed by atoms with Crippen molar-refractivity contribution in [2.24, 2.45) is 4.99 Å². The lowest BCUT2D eigenvalue weighted by atomic mass is 10.1. The zero-order valence-corrected chi connectivity index (χ0v) is 16.4. The summed E-state index contributed by atoms with van der Waals surface area (Å²) in [6.45, 7) is 11.8. The van der Waals surface area contributed by atoms with E-state index < -0.39 is 0 Å². The van der Waals surface area contributed by atoms with Gasteiger partial charge in [0.1, 0.15) is 11.9 Å². The first-order valence-electron chi connectivity index (χ1n) is 9.90. The molecular formula is C20H31FN4O2. The number of ether oxygens (including phenoxy) is 2. The summed E-state index contributed by atoms with van der Waals surface area (Å²) in [5, 5.41) is 3.41. The molecule has 3 rings (SSSR count). The zero-order valence-electron chi connectivity index (χ0n) is 16.4. The van der Waals surface area contributed by atoms with Crippen LogP contribution in [0.3, 0.4) is 0 Å². The molecule has 6 nitrogen and oxygen atoms in total. The van der Waals surface area contributed by atoms with E-state index in [0.29, 0.717) is 6.54 Å². The van der Waals surface area contributed by atoms with Crippen molar-refractivity contribution < 1.29 is 13.9 Å². The number of hydrogen-bond acceptors (Lipinski definition) is 4. The molecule has 0 amide bonds. The monoisotopic (exact) mass is 378 g/mol. The van der Waals surface area contributed by atoms with Crippen molar-refractivity contribution in [2.45, 2.75) is 26.1 Å². The number of halogens is 1. The Morgan fingerprint density at radius 1 is 1.22 bits per heavy atom. The highest BCUT2D eigenvalue weighted by Crippen LogP contribution is 2.25. The van der Waals surface area contributed by atoms with Gasteiger partial charge in [-0.3, -0.25) is 9.89 Å². The van der Waals surface area contributed by atoms with Gasteiger partial charge in [0.25, 0.3) is 0 Å². The van der Waals surface area contributed by atoms with E-state index in [4.69, 9.17) is 14.5 Å². The van der Waals surface area contributed by atoms with Gasteiger partial charge in [-0.15, -0.1) is 0 Å². The molecule has 150 valence electrons. The Morgan fingerprint density at radius 3 is 2.67 bits per heavy atom. The summed E-state index contributed by atoms with van der Waals surface area (Å²) in [5.41, 5.74) is 0.997. The average Bonchev–Trinajstić information content (AvgIpc) is 2.68. The van der Waals surface area contributed by atoms with Crippen LogP contribution < -0.4 is 5.32 Å². The van der Waals surface area contributed by atoms with Crippen molar-refractivity contribution in [3.63, 3.8) is 0 Å². The van der Waals surface area contributed by atoms with Gasteiger partial charge < -0.3 is 19.7 Å². The lowest BCUT2D eigenvalue weighted by molar-refractivity contribution is -0.0605. The minimum atomic E-state index is -0.225. The first-order valence-corrected chi connectivity index (χ1v) is 9.90. The van der Waals surface area contributed by atoms with Crippen molar-refractivity contribution in [3.05, 3.63) is 35.6 Å². The Kier molecular flexibility index (Phi) is 7.43. The Bertz CT molecular complexity index is 605. The highest BCUT2D eigenvalue weighted by atomic mass is 19.1. The van der Waals surface area contributed by atoms with E-state index >= 15 is 0 Å². The number of benzene rings is 1. The third kappa shape index (κ3) is 5.89. The lowest BCUT2D eigenvalue weighted by Crippen LogP contribution is -2.51. The SMILES string of the molecule is CCNC(=NCCN1CCOCC1)N1CC(C)OC(c2ccc(F)cc2)C1. The fraction of sp³-hybridized carbons (Fsp3) is 0.650. The highest BCUT2D eigenvalue weighted by Gasteiger charge is 2.28. The molecule has 2 atom stereocenters. The smallest absolute Gasteiger partial charge is 0.194 e. The molecule has 0 saturated carbocycles. The molecule has 1 N–H and O–H groups in total. The van der Waals surface area contributed by atoms with Gasteiger partial charge in [-0.1, -0.05) is 12.1 Å². The molecule has 0 aromatic heterocycles. The van der Waals surface area contributed by atoms with Gasteiger partial charge >= 0.3 is 0 Å². The van der Waals surface area contributed by atoms with Crippen molar-refractivity contribution in [1.82, 2.24) is 15.1 Å². The number of rotatable bonds is 5. The fourth-order valence-corrected chi connectivity index (χ4v) is 3.53. The molecule has 2 aliphatic heterocycles. The number of morpholine rings is 2. The number of aliphatic imine (C=N–C) groups is 1. The molecule has 1 aromatic carbocycles. The van der Waals surface area contributed by atoms with E-state index in [0.717, 1.165) is 64.0 Å². The maximum Gasteiger partial charge on any atom is 0.194 e. The molecule has 2 heterocycles. The third-order valence-electron chi connectivity index (χ3n) is 4.92. The maximum atomic E-state index is 13.2. The van der Waals surface area contributed by atoms with Gasteiger partial charge in [-0.2, -0.15) is 0 Å². The van der Waals surface area contributed by atoms with Crippen molar-refractivity contribution in [1.29, 1.82) is 0 Å². The van der Waals surface area contributed by atoms with Crippen LogP contribution in [0.5, 0.6) is 0 Å². The molecule has 1 aromatic rings. The lowest BCUT2D eigenvalue weighted by Gasteiger charge is -2.39.